The molecule has 1 N–H and O–H groups in total. The molecule has 114 valence electrons. The van der Waals surface area contributed by atoms with Gasteiger partial charge in [0.2, 0.25) is 0 Å². The van der Waals surface area contributed by atoms with Gasteiger partial charge in [-0.25, -0.2) is 4.98 Å². The van der Waals surface area contributed by atoms with Crippen molar-refractivity contribution < 1.29 is 0 Å². The van der Waals surface area contributed by atoms with Gasteiger partial charge in [0.1, 0.15) is 5.01 Å². The summed E-state index contributed by atoms with van der Waals surface area (Å²) in [4.78, 5) is 4.44. The van der Waals surface area contributed by atoms with Gasteiger partial charge in [0.25, 0.3) is 0 Å². The SMILES string of the molecule is CC[C@](C)(NCc1nnnn1-c1ccccc1)c1nccs1. The predicted molar refractivity (Wildman–Crippen MR) is 85.8 cm³/mol. The molecule has 22 heavy (non-hydrogen) atoms. The molecule has 0 bridgehead atoms. The molecule has 2 aromatic heterocycles. The summed E-state index contributed by atoms with van der Waals surface area (Å²) in [5.41, 5.74) is 0.776. The number of para-hydroxylation sites is 1. The number of nitrogens with one attached hydrogen (secondary N) is 1. The Morgan fingerprint density at radius 1 is 1.27 bits per heavy atom. The summed E-state index contributed by atoms with van der Waals surface area (Å²) in [5, 5.41) is 18.6. The molecule has 6 nitrogen and oxygen atoms in total. The summed E-state index contributed by atoms with van der Waals surface area (Å²) >= 11 is 1.66. The van der Waals surface area contributed by atoms with E-state index in [1.807, 2.05) is 41.9 Å². The summed E-state index contributed by atoms with van der Waals surface area (Å²) in [6, 6.07) is 9.89. The molecule has 0 spiro atoms. The Morgan fingerprint density at radius 3 is 2.77 bits per heavy atom. The van der Waals surface area contributed by atoms with Crippen LogP contribution in [0.5, 0.6) is 0 Å². The first-order valence-corrected chi connectivity index (χ1v) is 8.08. The number of thiazole rings is 1. The number of rotatable bonds is 6. The van der Waals surface area contributed by atoms with Gasteiger partial charge >= 0.3 is 0 Å². The van der Waals surface area contributed by atoms with E-state index in [1.54, 1.807) is 16.0 Å². The van der Waals surface area contributed by atoms with Crippen molar-refractivity contribution in [1.82, 2.24) is 30.5 Å². The fourth-order valence-electron chi connectivity index (χ4n) is 2.21. The number of benzene rings is 1. The monoisotopic (exact) mass is 314 g/mol. The Bertz CT molecular complexity index is 709. The molecule has 1 aromatic carbocycles. The second kappa shape index (κ2) is 6.33. The van der Waals surface area contributed by atoms with E-state index >= 15 is 0 Å². The quantitative estimate of drug-likeness (QED) is 0.757. The van der Waals surface area contributed by atoms with Crippen LogP contribution in [0.2, 0.25) is 0 Å². The van der Waals surface area contributed by atoms with E-state index in [9.17, 15) is 0 Å². The van der Waals surface area contributed by atoms with Crippen molar-refractivity contribution in [2.45, 2.75) is 32.4 Å². The number of aromatic nitrogens is 5. The van der Waals surface area contributed by atoms with Crippen LogP contribution >= 0.6 is 11.3 Å². The maximum absolute atomic E-state index is 4.44. The third kappa shape index (κ3) is 2.90. The van der Waals surface area contributed by atoms with E-state index in [0.29, 0.717) is 6.54 Å². The molecule has 0 amide bonds. The normalized spacial score (nSPS) is 13.9. The molecule has 0 aliphatic rings. The van der Waals surface area contributed by atoms with Crippen molar-refractivity contribution >= 4 is 11.3 Å². The molecule has 2 heterocycles. The lowest BCUT2D eigenvalue weighted by Gasteiger charge is -2.27. The van der Waals surface area contributed by atoms with Crippen molar-refractivity contribution in [2.24, 2.45) is 0 Å². The minimum absolute atomic E-state index is 0.179. The van der Waals surface area contributed by atoms with Gasteiger partial charge in [0.15, 0.2) is 5.82 Å². The van der Waals surface area contributed by atoms with E-state index in [-0.39, 0.29) is 5.54 Å². The predicted octanol–water partition coefficient (Wildman–Crippen LogP) is 2.53. The largest absolute Gasteiger partial charge is 0.298 e. The van der Waals surface area contributed by atoms with E-state index in [4.69, 9.17) is 0 Å². The lowest BCUT2D eigenvalue weighted by atomic mass is 10.00. The van der Waals surface area contributed by atoms with Crippen molar-refractivity contribution in [3.63, 3.8) is 0 Å². The smallest absolute Gasteiger partial charge is 0.170 e. The van der Waals surface area contributed by atoms with Gasteiger partial charge in [-0.2, -0.15) is 4.68 Å². The highest BCUT2D eigenvalue weighted by molar-refractivity contribution is 7.09. The zero-order valence-electron chi connectivity index (χ0n) is 12.6. The first-order valence-electron chi connectivity index (χ1n) is 7.20. The van der Waals surface area contributed by atoms with Crippen LogP contribution in [0.15, 0.2) is 41.9 Å². The Morgan fingerprint density at radius 2 is 2.09 bits per heavy atom. The fraction of sp³-hybridized carbons (Fsp3) is 0.333. The van der Waals surface area contributed by atoms with Crippen LogP contribution in [0.1, 0.15) is 31.1 Å². The molecule has 3 aromatic rings. The average Bonchev–Trinajstić information content (AvgIpc) is 3.25. The van der Waals surface area contributed by atoms with Gasteiger partial charge in [-0.15, -0.1) is 16.4 Å². The van der Waals surface area contributed by atoms with Crippen LogP contribution in [0.25, 0.3) is 5.69 Å². The second-order valence-electron chi connectivity index (χ2n) is 5.22. The highest BCUT2D eigenvalue weighted by Crippen LogP contribution is 2.26. The average molecular weight is 314 g/mol. The molecule has 7 heteroatoms. The highest BCUT2D eigenvalue weighted by Gasteiger charge is 2.27. The Kier molecular flexibility index (Phi) is 4.26. The molecule has 3 rings (SSSR count). The van der Waals surface area contributed by atoms with Crippen molar-refractivity contribution in [3.8, 4) is 5.69 Å². The third-order valence-corrected chi connectivity index (χ3v) is 4.82. The zero-order chi connectivity index (χ0) is 15.4. The van der Waals surface area contributed by atoms with Gasteiger partial charge in [-0.3, -0.25) is 5.32 Å². The Hall–Kier alpha value is -2.12. The minimum atomic E-state index is -0.179. The van der Waals surface area contributed by atoms with Gasteiger partial charge in [0, 0.05) is 11.6 Å². The molecule has 0 radical (unpaired) electrons. The van der Waals surface area contributed by atoms with Gasteiger partial charge < -0.3 is 0 Å². The first kappa shape index (κ1) is 14.8. The lowest BCUT2D eigenvalue weighted by Crippen LogP contribution is -2.39. The first-order chi connectivity index (χ1) is 10.7. The van der Waals surface area contributed by atoms with E-state index in [1.165, 1.54) is 0 Å². The summed E-state index contributed by atoms with van der Waals surface area (Å²) in [5.74, 6) is 0.780. The van der Waals surface area contributed by atoms with Crippen LogP contribution in [-0.2, 0) is 12.1 Å². The standard InChI is InChI=1S/C15H18N6S/c1-3-15(2,14-16-9-10-22-14)17-11-13-18-19-20-21(13)12-7-5-4-6-8-12/h4-10,17H,3,11H2,1-2H3/t15-/m0/s1. The molecule has 0 unspecified atom stereocenters. The van der Waals surface area contributed by atoms with Crippen LogP contribution in [0.4, 0.5) is 0 Å². The van der Waals surface area contributed by atoms with Crippen molar-refractivity contribution in [1.29, 1.82) is 0 Å². The van der Waals surface area contributed by atoms with Crippen molar-refractivity contribution in [3.05, 3.63) is 52.7 Å². The summed E-state index contributed by atoms with van der Waals surface area (Å²) < 4.78 is 1.75. The topological polar surface area (TPSA) is 68.5 Å². The Balaban J connectivity index is 1.79. The summed E-state index contributed by atoms with van der Waals surface area (Å²) in [7, 11) is 0. The van der Waals surface area contributed by atoms with Gasteiger partial charge in [-0.1, -0.05) is 25.1 Å². The second-order valence-corrected chi connectivity index (χ2v) is 6.11. The number of hydrogen-bond acceptors (Lipinski definition) is 6. The van der Waals surface area contributed by atoms with E-state index < -0.39 is 0 Å². The Labute approximate surface area is 133 Å². The molecular formula is C15H18N6S. The molecule has 0 aliphatic carbocycles. The third-order valence-electron chi connectivity index (χ3n) is 3.78. The molecular weight excluding hydrogens is 296 g/mol. The molecule has 0 fully saturated rings. The molecule has 1 atom stereocenters. The molecule has 0 aliphatic heterocycles. The highest BCUT2D eigenvalue weighted by atomic mass is 32.1. The van der Waals surface area contributed by atoms with E-state index in [2.05, 4.69) is 39.7 Å². The lowest BCUT2D eigenvalue weighted by molar-refractivity contribution is 0.343. The van der Waals surface area contributed by atoms with Crippen LogP contribution in [-0.4, -0.2) is 25.2 Å². The number of nitrogens with zero attached hydrogens (tertiary/aromatic N) is 5. The number of hydrogen-bond donors (Lipinski definition) is 1. The molecule has 0 saturated carbocycles. The molecule has 0 saturated heterocycles. The zero-order valence-corrected chi connectivity index (χ0v) is 13.4. The maximum atomic E-state index is 4.44. The maximum Gasteiger partial charge on any atom is 0.170 e. The fourth-order valence-corrected chi connectivity index (χ4v) is 3.06. The number of tetrazole rings is 1. The minimum Gasteiger partial charge on any atom is -0.298 e. The van der Waals surface area contributed by atoms with Crippen LogP contribution in [0.3, 0.4) is 0 Å². The van der Waals surface area contributed by atoms with Gasteiger partial charge in [0.05, 0.1) is 17.8 Å². The van der Waals surface area contributed by atoms with Crippen LogP contribution < -0.4 is 5.32 Å². The van der Waals surface area contributed by atoms with Gasteiger partial charge in [-0.05, 0) is 35.9 Å². The van der Waals surface area contributed by atoms with Crippen molar-refractivity contribution in [2.75, 3.05) is 0 Å². The van der Waals surface area contributed by atoms with E-state index in [0.717, 1.165) is 22.9 Å². The summed E-state index contributed by atoms with van der Waals surface area (Å²) in [6.07, 6.45) is 2.77. The summed E-state index contributed by atoms with van der Waals surface area (Å²) in [6.45, 7) is 4.88. The van der Waals surface area contributed by atoms with Crippen LogP contribution in [0, 0.1) is 0 Å².